The van der Waals surface area contributed by atoms with Crippen LogP contribution in [0.3, 0.4) is 0 Å². The molecule has 0 bridgehead atoms. The molecule has 1 aromatic carbocycles. The van der Waals surface area contributed by atoms with E-state index in [0.717, 1.165) is 24.1 Å². The van der Waals surface area contributed by atoms with Gasteiger partial charge in [0.15, 0.2) is 0 Å². The van der Waals surface area contributed by atoms with Crippen molar-refractivity contribution < 1.29 is 9.21 Å². The molecule has 0 saturated heterocycles. The molecule has 1 aliphatic heterocycles. The van der Waals surface area contributed by atoms with Crippen LogP contribution in [0.2, 0.25) is 5.02 Å². The minimum absolute atomic E-state index is 0.115. The van der Waals surface area contributed by atoms with Crippen molar-refractivity contribution >= 4 is 35.0 Å². The normalized spacial score (nSPS) is 19.2. The highest BCUT2D eigenvalue weighted by Crippen LogP contribution is 2.35. The van der Waals surface area contributed by atoms with Crippen molar-refractivity contribution in [2.75, 3.05) is 5.75 Å². The molecule has 0 spiro atoms. The molecular formula is C21H21ClN6O2S. The molecule has 3 heterocycles. The predicted octanol–water partition coefficient (Wildman–Crippen LogP) is 4.50. The topological polar surface area (TPSA) is 89.4 Å². The first kappa shape index (κ1) is 20.3. The molecule has 1 aliphatic carbocycles. The molecule has 0 unspecified atom stereocenters. The van der Waals surface area contributed by atoms with Gasteiger partial charge in [-0.05, 0) is 53.1 Å². The van der Waals surface area contributed by atoms with Gasteiger partial charge >= 0.3 is 0 Å². The zero-order chi connectivity index (χ0) is 21.2. The van der Waals surface area contributed by atoms with Crippen LogP contribution in [-0.2, 0) is 4.79 Å². The van der Waals surface area contributed by atoms with Gasteiger partial charge in [0, 0.05) is 11.4 Å². The smallest absolute Gasteiger partial charge is 0.253 e. The summed E-state index contributed by atoms with van der Waals surface area (Å²) in [5.41, 5.74) is 1.77. The highest BCUT2D eigenvalue weighted by molar-refractivity contribution is 7.99. The van der Waals surface area contributed by atoms with E-state index in [9.17, 15) is 4.79 Å². The average molecular weight is 457 g/mol. The Balaban J connectivity index is 1.34. The molecule has 0 N–H and O–H groups in total. The van der Waals surface area contributed by atoms with Gasteiger partial charge in [-0.15, -0.1) is 5.10 Å². The van der Waals surface area contributed by atoms with Crippen LogP contribution in [0.4, 0.5) is 0 Å². The minimum Gasteiger partial charge on any atom is -0.467 e. The second-order valence-corrected chi connectivity index (χ2v) is 9.04. The second-order valence-electron chi connectivity index (χ2n) is 7.66. The van der Waals surface area contributed by atoms with Crippen molar-refractivity contribution in [1.29, 1.82) is 0 Å². The first-order chi connectivity index (χ1) is 15.2. The van der Waals surface area contributed by atoms with E-state index >= 15 is 0 Å². The van der Waals surface area contributed by atoms with E-state index in [4.69, 9.17) is 16.0 Å². The molecule has 2 aliphatic rings. The van der Waals surface area contributed by atoms with Crippen molar-refractivity contribution in [3.05, 3.63) is 59.0 Å². The van der Waals surface area contributed by atoms with Gasteiger partial charge in [0.1, 0.15) is 11.8 Å². The third-order valence-corrected chi connectivity index (χ3v) is 6.84. The summed E-state index contributed by atoms with van der Waals surface area (Å²) in [4.78, 5) is 13.2. The molecule has 0 radical (unpaired) electrons. The molecule has 160 valence electrons. The Bertz CT molecular complexity index is 1080. The number of rotatable bonds is 6. The van der Waals surface area contributed by atoms with Crippen LogP contribution in [0.1, 0.15) is 55.5 Å². The summed E-state index contributed by atoms with van der Waals surface area (Å²) in [6.07, 6.45) is 6.72. The molecule has 1 amide bonds. The number of benzene rings is 1. The van der Waals surface area contributed by atoms with Gasteiger partial charge in [-0.25, -0.2) is 9.69 Å². The van der Waals surface area contributed by atoms with E-state index in [1.807, 2.05) is 41.1 Å². The summed E-state index contributed by atoms with van der Waals surface area (Å²) in [6, 6.07) is 11.2. The second kappa shape index (κ2) is 8.84. The Morgan fingerprint density at radius 1 is 1.19 bits per heavy atom. The summed E-state index contributed by atoms with van der Waals surface area (Å²) in [6.45, 7) is 0. The van der Waals surface area contributed by atoms with Gasteiger partial charge in [0.2, 0.25) is 5.16 Å². The fourth-order valence-electron chi connectivity index (χ4n) is 4.11. The number of tetrazole rings is 1. The van der Waals surface area contributed by atoms with Crippen molar-refractivity contribution in [1.82, 2.24) is 25.2 Å². The molecule has 1 saturated carbocycles. The number of amides is 1. The number of furan rings is 1. The van der Waals surface area contributed by atoms with Crippen LogP contribution in [0, 0.1) is 0 Å². The maximum Gasteiger partial charge on any atom is 0.253 e. The maximum absolute atomic E-state index is 13.2. The van der Waals surface area contributed by atoms with Crippen LogP contribution in [0.25, 0.3) is 0 Å². The van der Waals surface area contributed by atoms with Crippen LogP contribution in [0.15, 0.2) is 57.3 Å². The molecule has 1 fully saturated rings. The predicted molar refractivity (Wildman–Crippen MR) is 117 cm³/mol. The number of aromatic nitrogens is 4. The van der Waals surface area contributed by atoms with Crippen molar-refractivity contribution in [3.8, 4) is 0 Å². The fraction of sp³-hybridized carbons (Fsp3) is 0.381. The molecule has 8 nitrogen and oxygen atoms in total. The lowest BCUT2D eigenvalue weighted by atomic mass is 10.0. The van der Waals surface area contributed by atoms with Crippen LogP contribution in [0.5, 0.6) is 0 Å². The number of nitrogens with zero attached hydrogens (tertiary/aromatic N) is 6. The number of thioether (sulfide) groups is 1. The van der Waals surface area contributed by atoms with E-state index in [-0.39, 0.29) is 17.7 Å². The summed E-state index contributed by atoms with van der Waals surface area (Å²) in [7, 11) is 0. The lowest BCUT2D eigenvalue weighted by molar-refractivity contribution is -0.130. The standard InChI is InChI=1S/C21H21ClN6O2S/c22-15-9-7-14(8-10-15)17-12-18(19-6-3-11-30-19)28(24-17)20(29)13-31-21-23-25-26-27(21)16-4-1-2-5-16/h3,6-11,16,18H,1-2,4-5,12-13H2/t18-/m0/s1. The van der Waals surface area contributed by atoms with Gasteiger partial charge in [0.05, 0.1) is 23.8 Å². The third kappa shape index (κ3) is 4.24. The van der Waals surface area contributed by atoms with Gasteiger partial charge < -0.3 is 4.42 Å². The summed E-state index contributed by atoms with van der Waals surface area (Å²) in [5.74, 6) is 0.792. The summed E-state index contributed by atoms with van der Waals surface area (Å²) in [5, 5.41) is 19.6. The lowest BCUT2D eigenvalue weighted by Gasteiger charge is -2.19. The highest BCUT2D eigenvalue weighted by atomic mass is 35.5. The number of carbonyl (C=O) groups excluding carboxylic acids is 1. The Labute approximate surface area is 188 Å². The number of hydrazone groups is 1. The minimum atomic E-state index is -0.278. The zero-order valence-corrected chi connectivity index (χ0v) is 18.3. The molecular weight excluding hydrogens is 436 g/mol. The highest BCUT2D eigenvalue weighted by Gasteiger charge is 2.35. The molecule has 2 aromatic heterocycles. The quantitative estimate of drug-likeness (QED) is 0.507. The Morgan fingerprint density at radius 2 is 2.00 bits per heavy atom. The van der Waals surface area contributed by atoms with Crippen molar-refractivity contribution in [2.45, 2.75) is 49.3 Å². The number of hydrogen-bond acceptors (Lipinski definition) is 7. The van der Waals surface area contributed by atoms with Gasteiger partial charge in [0.25, 0.3) is 5.91 Å². The fourth-order valence-corrected chi connectivity index (χ4v) is 5.03. The first-order valence-corrected chi connectivity index (χ1v) is 11.6. The number of carbonyl (C=O) groups is 1. The SMILES string of the molecule is O=C(CSc1nnnn1C1CCCC1)N1N=C(c2ccc(Cl)cc2)C[C@H]1c1ccco1. The van der Waals surface area contributed by atoms with Crippen molar-refractivity contribution in [2.24, 2.45) is 5.10 Å². The largest absolute Gasteiger partial charge is 0.467 e. The Kier molecular flexibility index (Phi) is 5.78. The zero-order valence-electron chi connectivity index (χ0n) is 16.7. The molecule has 3 aromatic rings. The Hall–Kier alpha value is -2.65. The van der Waals surface area contributed by atoms with E-state index in [1.54, 1.807) is 6.26 Å². The number of hydrogen-bond donors (Lipinski definition) is 0. The van der Waals surface area contributed by atoms with Crippen molar-refractivity contribution in [3.63, 3.8) is 0 Å². The third-order valence-electron chi connectivity index (χ3n) is 5.67. The summed E-state index contributed by atoms with van der Waals surface area (Å²) < 4.78 is 7.47. The van der Waals surface area contributed by atoms with Gasteiger partial charge in [-0.2, -0.15) is 5.10 Å². The van der Waals surface area contributed by atoms with Crippen LogP contribution in [-0.4, -0.2) is 42.6 Å². The van der Waals surface area contributed by atoms with Gasteiger partial charge in [-0.1, -0.05) is 48.3 Å². The van der Waals surface area contributed by atoms with E-state index in [0.29, 0.717) is 28.4 Å². The summed E-state index contributed by atoms with van der Waals surface area (Å²) >= 11 is 7.37. The lowest BCUT2D eigenvalue weighted by Crippen LogP contribution is -2.28. The molecule has 5 rings (SSSR count). The molecule has 1 atom stereocenters. The average Bonchev–Trinajstić information content (AvgIpc) is 3.58. The van der Waals surface area contributed by atoms with E-state index < -0.39 is 0 Å². The maximum atomic E-state index is 13.2. The van der Waals surface area contributed by atoms with Crippen LogP contribution >= 0.6 is 23.4 Å². The molecule has 31 heavy (non-hydrogen) atoms. The van der Waals surface area contributed by atoms with Crippen LogP contribution < -0.4 is 0 Å². The van der Waals surface area contributed by atoms with Gasteiger partial charge in [-0.3, -0.25) is 4.79 Å². The molecule has 10 heteroatoms. The first-order valence-electron chi connectivity index (χ1n) is 10.3. The number of halogens is 1. The Morgan fingerprint density at radius 3 is 2.74 bits per heavy atom. The van der Waals surface area contributed by atoms with E-state index in [1.165, 1.54) is 29.6 Å². The van der Waals surface area contributed by atoms with E-state index in [2.05, 4.69) is 20.6 Å². The monoisotopic (exact) mass is 456 g/mol.